The molecular weight excluding hydrogens is 464 g/mol. The molecule has 35 heavy (non-hydrogen) atoms. The molecule has 0 aromatic carbocycles. The Hall–Kier alpha value is -1.80. The monoisotopic (exact) mass is 504 g/mol. The van der Waals surface area contributed by atoms with Crippen molar-refractivity contribution in [3.05, 3.63) is 24.3 Å². The van der Waals surface area contributed by atoms with E-state index >= 15 is 0 Å². The molecule has 8 heteroatoms. The number of amides is 2. The Morgan fingerprint density at radius 3 is 2.40 bits per heavy atom. The number of cyclic esters (lactones) is 1. The molecule has 4 aliphatic heterocycles. The largest absolute Gasteiger partial charge is 0.461 e. The van der Waals surface area contributed by atoms with Crippen molar-refractivity contribution in [1.82, 2.24) is 9.80 Å². The second-order valence-electron chi connectivity index (χ2n) is 12.4. The van der Waals surface area contributed by atoms with Gasteiger partial charge in [-0.1, -0.05) is 45.9 Å². The molecule has 1 spiro atoms. The number of carbonyl (C=O) groups is 3. The Bertz CT molecular complexity index is 965. The van der Waals surface area contributed by atoms with Gasteiger partial charge in [0.05, 0.1) is 29.2 Å². The van der Waals surface area contributed by atoms with Gasteiger partial charge in [-0.15, -0.1) is 11.8 Å². The number of aliphatic hydroxyl groups is 1. The molecule has 1 N–H and O–H groups in total. The average Bonchev–Trinajstić information content (AvgIpc) is 2.98. The molecule has 0 aromatic heterocycles. The van der Waals surface area contributed by atoms with Crippen molar-refractivity contribution in [2.45, 2.75) is 88.4 Å². The van der Waals surface area contributed by atoms with Gasteiger partial charge in [-0.25, -0.2) is 0 Å². The first-order chi connectivity index (χ1) is 16.2. The number of hydrogen-bond acceptors (Lipinski definition) is 6. The molecule has 0 bridgehead atoms. The molecule has 0 aromatic rings. The standard InChI is InChI=1S/C27H40N2O5S/c1-8-17(15-30)29-20-22(32)28(25(5,6)16-24(2,3)4)13-9-12-27(20)18(21(29)31)19-23(33)34-14-10-11-26(19,7)35-27/h9-12,17-20,30H,8,13-16H2,1-7H3/t17-,18-,19+,20?,26-,27-/m0/s1. The molecule has 2 fully saturated rings. The number of rotatable bonds is 5. The third-order valence-electron chi connectivity index (χ3n) is 8.02. The molecule has 6 atom stereocenters. The van der Waals surface area contributed by atoms with Crippen LogP contribution in [0.5, 0.6) is 0 Å². The van der Waals surface area contributed by atoms with E-state index in [1.165, 1.54) is 11.8 Å². The van der Waals surface area contributed by atoms with Crippen LogP contribution in [0.4, 0.5) is 0 Å². The molecule has 4 heterocycles. The highest BCUT2D eigenvalue weighted by Crippen LogP contribution is 2.66. The van der Waals surface area contributed by atoms with E-state index in [-0.39, 0.29) is 30.4 Å². The highest BCUT2D eigenvalue weighted by atomic mass is 32.2. The molecule has 2 amide bonds. The van der Waals surface area contributed by atoms with E-state index in [0.717, 1.165) is 6.42 Å². The fraction of sp³-hybridized carbons (Fsp3) is 0.741. The molecule has 4 aliphatic rings. The van der Waals surface area contributed by atoms with E-state index in [4.69, 9.17) is 4.74 Å². The maximum atomic E-state index is 14.5. The third-order valence-corrected chi connectivity index (χ3v) is 9.82. The second-order valence-corrected chi connectivity index (χ2v) is 14.2. The van der Waals surface area contributed by atoms with Crippen LogP contribution in [0.3, 0.4) is 0 Å². The number of carbonyl (C=O) groups excluding carboxylic acids is 3. The summed E-state index contributed by atoms with van der Waals surface area (Å²) in [6, 6.07) is -1.30. The Kier molecular flexibility index (Phi) is 6.49. The highest BCUT2D eigenvalue weighted by molar-refractivity contribution is 8.02. The van der Waals surface area contributed by atoms with Crippen molar-refractivity contribution in [3.8, 4) is 0 Å². The predicted molar refractivity (Wildman–Crippen MR) is 137 cm³/mol. The molecule has 0 aliphatic carbocycles. The van der Waals surface area contributed by atoms with Crippen molar-refractivity contribution in [3.63, 3.8) is 0 Å². The molecular formula is C27H40N2O5S. The number of hydrogen-bond donors (Lipinski definition) is 1. The Labute approximate surface area is 213 Å². The van der Waals surface area contributed by atoms with Crippen molar-refractivity contribution >= 4 is 29.5 Å². The third kappa shape index (κ3) is 4.05. The number of thioether (sulfide) groups is 1. The summed E-state index contributed by atoms with van der Waals surface area (Å²) < 4.78 is 3.89. The number of fused-ring (bicyclic) bond motifs is 2. The number of nitrogens with zero attached hydrogens (tertiary/aromatic N) is 2. The van der Waals surface area contributed by atoms with Crippen LogP contribution in [0.2, 0.25) is 0 Å². The minimum atomic E-state index is -0.913. The summed E-state index contributed by atoms with van der Waals surface area (Å²) in [7, 11) is 0. The van der Waals surface area contributed by atoms with Gasteiger partial charge in [-0.3, -0.25) is 14.4 Å². The van der Waals surface area contributed by atoms with Gasteiger partial charge < -0.3 is 19.6 Å². The molecule has 2 saturated heterocycles. The number of likely N-dealkylation sites (tertiary alicyclic amines) is 1. The van der Waals surface area contributed by atoms with Crippen molar-refractivity contribution in [2.75, 3.05) is 19.8 Å². The van der Waals surface area contributed by atoms with E-state index in [0.29, 0.717) is 13.0 Å². The fourth-order valence-electron chi connectivity index (χ4n) is 7.04. The van der Waals surface area contributed by atoms with Gasteiger partial charge in [0.2, 0.25) is 11.8 Å². The average molecular weight is 505 g/mol. The summed E-state index contributed by atoms with van der Waals surface area (Å²) in [5.41, 5.74) is -0.450. The van der Waals surface area contributed by atoms with Crippen molar-refractivity contribution in [1.29, 1.82) is 0 Å². The molecule has 1 unspecified atom stereocenters. The molecule has 4 rings (SSSR count). The van der Waals surface area contributed by atoms with Crippen molar-refractivity contribution < 1.29 is 24.2 Å². The highest BCUT2D eigenvalue weighted by Gasteiger charge is 2.74. The van der Waals surface area contributed by atoms with Crippen LogP contribution in [-0.2, 0) is 19.1 Å². The molecule has 0 radical (unpaired) electrons. The van der Waals surface area contributed by atoms with Gasteiger partial charge in [-0.2, -0.15) is 0 Å². The molecule has 0 saturated carbocycles. The first-order valence-corrected chi connectivity index (χ1v) is 13.5. The predicted octanol–water partition coefficient (Wildman–Crippen LogP) is 3.17. The lowest BCUT2D eigenvalue weighted by Gasteiger charge is -2.45. The molecule has 194 valence electrons. The summed E-state index contributed by atoms with van der Waals surface area (Å²) in [5, 5.41) is 10.2. The normalized spacial score (nSPS) is 35.9. The van der Waals surface area contributed by atoms with Crippen LogP contribution >= 0.6 is 11.8 Å². The van der Waals surface area contributed by atoms with Crippen molar-refractivity contribution in [2.24, 2.45) is 17.3 Å². The smallest absolute Gasteiger partial charge is 0.311 e. The molecule has 7 nitrogen and oxygen atoms in total. The lowest BCUT2D eigenvalue weighted by atomic mass is 9.74. The summed E-state index contributed by atoms with van der Waals surface area (Å²) in [6.07, 6.45) is 9.13. The summed E-state index contributed by atoms with van der Waals surface area (Å²) in [6.45, 7) is 14.9. The Balaban J connectivity index is 1.88. The summed E-state index contributed by atoms with van der Waals surface area (Å²) in [4.78, 5) is 45.4. The van der Waals surface area contributed by atoms with E-state index in [1.807, 2.05) is 43.1 Å². The quantitative estimate of drug-likeness (QED) is 0.457. The maximum Gasteiger partial charge on any atom is 0.311 e. The van der Waals surface area contributed by atoms with Crippen LogP contribution in [0.15, 0.2) is 24.3 Å². The van der Waals surface area contributed by atoms with Crippen LogP contribution < -0.4 is 0 Å². The SMILES string of the molecule is CC[C@@H](CO)N1C(=O)[C@@H]2[C@@H]3C(=O)OCC=C[C@]3(C)S[C@@]23C=CCN(C(C)(C)CC(C)(C)C)C(=O)C13. The fourth-order valence-corrected chi connectivity index (χ4v) is 9.18. The zero-order valence-electron chi connectivity index (χ0n) is 22.0. The zero-order valence-corrected chi connectivity index (χ0v) is 22.9. The van der Waals surface area contributed by atoms with Crippen LogP contribution in [0.1, 0.15) is 61.3 Å². The van der Waals surface area contributed by atoms with E-state index in [2.05, 4.69) is 34.6 Å². The number of aliphatic hydroxyl groups excluding tert-OH is 1. The lowest BCUT2D eigenvalue weighted by Crippen LogP contribution is -2.60. The van der Waals surface area contributed by atoms with Crippen LogP contribution in [0, 0.1) is 17.3 Å². The van der Waals surface area contributed by atoms with E-state index in [9.17, 15) is 19.5 Å². The van der Waals surface area contributed by atoms with Crippen LogP contribution in [-0.4, -0.2) is 79.6 Å². The topological polar surface area (TPSA) is 87.2 Å². The van der Waals surface area contributed by atoms with Gasteiger partial charge >= 0.3 is 5.97 Å². The van der Waals surface area contributed by atoms with Gasteiger partial charge in [-0.05, 0) is 45.1 Å². The number of ether oxygens (including phenoxy) is 1. The van der Waals surface area contributed by atoms with Crippen LogP contribution in [0.25, 0.3) is 0 Å². The number of esters is 1. The van der Waals surface area contributed by atoms with Gasteiger partial charge in [0.15, 0.2) is 0 Å². The minimum Gasteiger partial charge on any atom is -0.461 e. The Morgan fingerprint density at radius 1 is 1.11 bits per heavy atom. The van der Waals surface area contributed by atoms with Gasteiger partial charge in [0.1, 0.15) is 12.6 Å². The first-order valence-electron chi connectivity index (χ1n) is 12.7. The Morgan fingerprint density at radius 2 is 1.80 bits per heavy atom. The maximum absolute atomic E-state index is 14.5. The van der Waals surface area contributed by atoms with Gasteiger partial charge in [0.25, 0.3) is 0 Å². The second kappa shape index (κ2) is 8.65. The first kappa shape index (κ1) is 26.3. The summed E-state index contributed by atoms with van der Waals surface area (Å²) >= 11 is 1.54. The zero-order chi connectivity index (χ0) is 26.0. The summed E-state index contributed by atoms with van der Waals surface area (Å²) in [5.74, 6) is -2.18. The van der Waals surface area contributed by atoms with E-state index < -0.39 is 44.9 Å². The van der Waals surface area contributed by atoms with Gasteiger partial charge in [0, 0.05) is 16.8 Å². The lowest BCUT2D eigenvalue weighted by molar-refractivity contribution is -0.153. The van der Waals surface area contributed by atoms with E-state index in [1.54, 1.807) is 4.90 Å². The minimum absolute atomic E-state index is 0.000410.